The SMILES string of the molecule is CCOc1ccc(-n2c(N)c(C(=O)NC[C@@H]3CCCO3)sc2=S)cc1. The van der Waals surface area contributed by atoms with E-state index in [0.29, 0.717) is 27.8 Å². The molecule has 1 fully saturated rings. The average molecular weight is 380 g/mol. The summed E-state index contributed by atoms with van der Waals surface area (Å²) in [6, 6.07) is 7.46. The summed E-state index contributed by atoms with van der Waals surface area (Å²) in [5.41, 5.74) is 7.01. The van der Waals surface area contributed by atoms with Gasteiger partial charge in [-0.1, -0.05) is 11.3 Å². The van der Waals surface area contributed by atoms with E-state index in [4.69, 9.17) is 27.4 Å². The number of carbonyl (C=O) groups is 1. The number of nitrogens with one attached hydrogen (secondary N) is 1. The van der Waals surface area contributed by atoms with Crippen LogP contribution in [0.15, 0.2) is 24.3 Å². The molecule has 0 aliphatic carbocycles. The van der Waals surface area contributed by atoms with Gasteiger partial charge in [-0.05, 0) is 56.2 Å². The van der Waals surface area contributed by atoms with Gasteiger partial charge in [0, 0.05) is 18.8 Å². The first-order valence-electron chi connectivity index (χ1n) is 8.24. The number of anilines is 1. The van der Waals surface area contributed by atoms with Gasteiger partial charge < -0.3 is 20.5 Å². The Balaban J connectivity index is 1.77. The molecule has 8 heteroatoms. The van der Waals surface area contributed by atoms with Crippen molar-refractivity contribution in [3.8, 4) is 11.4 Å². The number of carbonyl (C=O) groups excluding carboxylic acids is 1. The van der Waals surface area contributed by atoms with Crippen LogP contribution in [0.5, 0.6) is 5.75 Å². The maximum Gasteiger partial charge on any atom is 0.265 e. The van der Waals surface area contributed by atoms with E-state index in [1.807, 2.05) is 31.2 Å². The number of nitrogens with two attached hydrogens (primary N) is 1. The summed E-state index contributed by atoms with van der Waals surface area (Å²) in [4.78, 5) is 12.9. The maximum absolute atomic E-state index is 12.4. The van der Waals surface area contributed by atoms with Crippen LogP contribution in [0.25, 0.3) is 5.69 Å². The van der Waals surface area contributed by atoms with Crippen LogP contribution in [0.1, 0.15) is 29.4 Å². The molecule has 1 atom stereocenters. The molecule has 3 N–H and O–H groups in total. The quantitative estimate of drug-likeness (QED) is 0.754. The van der Waals surface area contributed by atoms with Crippen molar-refractivity contribution < 1.29 is 14.3 Å². The van der Waals surface area contributed by atoms with Gasteiger partial charge in [0.15, 0.2) is 3.95 Å². The molecule has 1 aliphatic rings. The minimum Gasteiger partial charge on any atom is -0.494 e. The van der Waals surface area contributed by atoms with E-state index in [2.05, 4.69) is 5.32 Å². The second kappa shape index (κ2) is 7.99. The van der Waals surface area contributed by atoms with E-state index < -0.39 is 0 Å². The second-order valence-corrected chi connectivity index (χ2v) is 7.33. The zero-order chi connectivity index (χ0) is 17.8. The first-order chi connectivity index (χ1) is 12.1. The number of hydrogen-bond donors (Lipinski definition) is 2. The summed E-state index contributed by atoms with van der Waals surface area (Å²) in [5, 5.41) is 2.89. The van der Waals surface area contributed by atoms with Gasteiger partial charge in [-0.2, -0.15) is 0 Å². The number of thiazole rings is 1. The predicted molar refractivity (Wildman–Crippen MR) is 101 cm³/mol. The Morgan fingerprint density at radius 2 is 2.24 bits per heavy atom. The minimum atomic E-state index is -0.214. The highest BCUT2D eigenvalue weighted by Gasteiger charge is 2.21. The molecule has 0 unspecified atom stereocenters. The monoisotopic (exact) mass is 379 g/mol. The molecule has 1 aromatic heterocycles. The molecule has 2 heterocycles. The lowest BCUT2D eigenvalue weighted by Gasteiger charge is -2.11. The van der Waals surface area contributed by atoms with Gasteiger partial charge in [0.1, 0.15) is 16.4 Å². The van der Waals surface area contributed by atoms with Crippen LogP contribution >= 0.6 is 23.6 Å². The molecule has 0 saturated carbocycles. The highest BCUT2D eigenvalue weighted by molar-refractivity contribution is 7.73. The number of amides is 1. The van der Waals surface area contributed by atoms with Gasteiger partial charge in [0.25, 0.3) is 5.91 Å². The van der Waals surface area contributed by atoms with E-state index in [0.717, 1.165) is 30.9 Å². The fourth-order valence-electron chi connectivity index (χ4n) is 2.74. The van der Waals surface area contributed by atoms with E-state index >= 15 is 0 Å². The third-order valence-corrected chi connectivity index (χ3v) is 5.36. The van der Waals surface area contributed by atoms with Crippen LogP contribution in [-0.2, 0) is 4.74 Å². The molecule has 25 heavy (non-hydrogen) atoms. The van der Waals surface area contributed by atoms with Crippen molar-refractivity contribution in [3.05, 3.63) is 33.1 Å². The van der Waals surface area contributed by atoms with E-state index in [1.165, 1.54) is 11.3 Å². The summed E-state index contributed by atoms with van der Waals surface area (Å²) in [5.74, 6) is 0.916. The molecule has 6 nitrogen and oxygen atoms in total. The molecular weight excluding hydrogens is 358 g/mol. The molecule has 1 aromatic carbocycles. The fraction of sp³-hybridized carbons (Fsp3) is 0.412. The third-order valence-electron chi connectivity index (χ3n) is 3.97. The van der Waals surface area contributed by atoms with Crippen LogP contribution in [0.3, 0.4) is 0 Å². The zero-order valence-electron chi connectivity index (χ0n) is 14.0. The number of nitrogens with zero attached hydrogens (tertiary/aromatic N) is 1. The largest absolute Gasteiger partial charge is 0.494 e. The Bertz CT molecular complexity index is 792. The molecule has 1 aliphatic heterocycles. The molecule has 134 valence electrons. The molecule has 1 amide bonds. The van der Waals surface area contributed by atoms with E-state index in [9.17, 15) is 4.79 Å². The summed E-state index contributed by atoms with van der Waals surface area (Å²) in [6.45, 7) is 3.79. The molecular formula is C17H21N3O3S2. The van der Waals surface area contributed by atoms with Crippen molar-refractivity contribution in [1.82, 2.24) is 9.88 Å². The Labute approximate surface area is 155 Å². The summed E-state index contributed by atoms with van der Waals surface area (Å²) < 4.78 is 13.2. The minimum absolute atomic E-state index is 0.0892. The zero-order valence-corrected chi connectivity index (χ0v) is 15.6. The molecule has 0 bridgehead atoms. The van der Waals surface area contributed by atoms with Gasteiger partial charge in [-0.25, -0.2) is 0 Å². The highest BCUT2D eigenvalue weighted by atomic mass is 32.1. The van der Waals surface area contributed by atoms with Gasteiger partial charge >= 0.3 is 0 Å². The summed E-state index contributed by atoms with van der Waals surface area (Å²) in [6.07, 6.45) is 2.10. The Morgan fingerprint density at radius 1 is 1.48 bits per heavy atom. The molecule has 3 rings (SSSR count). The molecule has 1 saturated heterocycles. The number of ether oxygens (including phenoxy) is 2. The summed E-state index contributed by atoms with van der Waals surface area (Å²) in [7, 11) is 0. The lowest BCUT2D eigenvalue weighted by atomic mass is 10.2. The van der Waals surface area contributed by atoms with Gasteiger partial charge in [0.2, 0.25) is 0 Å². The number of hydrogen-bond acceptors (Lipinski definition) is 6. The Hall–Kier alpha value is -1.90. The average Bonchev–Trinajstić information content (AvgIpc) is 3.22. The fourth-order valence-corrected chi connectivity index (χ4v) is 4.03. The summed E-state index contributed by atoms with van der Waals surface area (Å²) >= 11 is 6.61. The van der Waals surface area contributed by atoms with Crippen molar-refractivity contribution in [1.29, 1.82) is 0 Å². The Kier molecular flexibility index (Phi) is 5.72. The van der Waals surface area contributed by atoms with Crippen LogP contribution < -0.4 is 15.8 Å². The second-order valence-electron chi connectivity index (χ2n) is 5.69. The van der Waals surface area contributed by atoms with Crippen LogP contribution in [-0.4, -0.2) is 36.3 Å². The van der Waals surface area contributed by atoms with Gasteiger partial charge in [-0.3, -0.25) is 9.36 Å². The Morgan fingerprint density at radius 3 is 2.88 bits per heavy atom. The molecule has 0 radical (unpaired) electrons. The smallest absolute Gasteiger partial charge is 0.265 e. The number of rotatable bonds is 6. The van der Waals surface area contributed by atoms with Crippen molar-refractivity contribution in [2.45, 2.75) is 25.9 Å². The van der Waals surface area contributed by atoms with Crippen LogP contribution in [0, 0.1) is 3.95 Å². The maximum atomic E-state index is 12.4. The number of benzene rings is 1. The topological polar surface area (TPSA) is 78.5 Å². The van der Waals surface area contributed by atoms with Crippen LogP contribution in [0.2, 0.25) is 0 Å². The van der Waals surface area contributed by atoms with Crippen molar-refractivity contribution >= 4 is 35.3 Å². The van der Waals surface area contributed by atoms with Crippen molar-refractivity contribution in [3.63, 3.8) is 0 Å². The van der Waals surface area contributed by atoms with Crippen LogP contribution in [0.4, 0.5) is 5.82 Å². The number of aromatic nitrogens is 1. The first kappa shape index (κ1) is 17.9. The molecule has 0 spiro atoms. The van der Waals surface area contributed by atoms with E-state index in [-0.39, 0.29) is 12.0 Å². The highest BCUT2D eigenvalue weighted by Crippen LogP contribution is 2.27. The normalized spacial score (nSPS) is 16.8. The standard InChI is InChI=1S/C17H21N3O3S2/c1-2-22-12-7-5-11(6-8-12)20-15(18)14(25-17(20)24)16(21)19-10-13-4-3-9-23-13/h5-8,13H,2-4,9-10,18H2,1H3,(H,19,21)/t13-/m0/s1. The predicted octanol–water partition coefficient (Wildman–Crippen LogP) is 3.16. The molecule has 2 aromatic rings. The lowest BCUT2D eigenvalue weighted by Crippen LogP contribution is -2.31. The lowest BCUT2D eigenvalue weighted by molar-refractivity contribution is 0.0861. The third kappa shape index (κ3) is 4.02. The number of nitrogen functional groups attached to an aromatic ring is 1. The van der Waals surface area contributed by atoms with Crippen molar-refractivity contribution in [2.24, 2.45) is 0 Å². The first-order valence-corrected chi connectivity index (χ1v) is 9.47. The van der Waals surface area contributed by atoms with E-state index in [1.54, 1.807) is 4.57 Å². The van der Waals surface area contributed by atoms with Crippen molar-refractivity contribution in [2.75, 3.05) is 25.5 Å². The van der Waals surface area contributed by atoms with Gasteiger partial charge in [-0.15, -0.1) is 0 Å². The van der Waals surface area contributed by atoms with Gasteiger partial charge in [0.05, 0.1) is 12.7 Å².